The van der Waals surface area contributed by atoms with Gasteiger partial charge < -0.3 is 16.2 Å². The van der Waals surface area contributed by atoms with Gasteiger partial charge in [0.2, 0.25) is 0 Å². The van der Waals surface area contributed by atoms with Gasteiger partial charge in [0.15, 0.2) is 0 Å². The Morgan fingerprint density at radius 1 is 1.21 bits per heavy atom. The zero-order chi connectivity index (χ0) is 13.8. The van der Waals surface area contributed by atoms with Crippen LogP contribution in [0.3, 0.4) is 0 Å². The van der Waals surface area contributed by atoms with E-state index in [1.807, 2.05) is 0 Å². The number of hydrogen-bond acceptors (Lipinski definition) is 3. The molecule has 0 saturated carbocycles. The molecule has 0 aliphatic heterocycles. The van der Waals surface area contributed by atoms with E-state index < -0.39 is 11.7 Å². The molecule has 4 N–H and O–H groups in total. The maximum atomic E-state index is 13.0. The van der Waals surface area contributed by atoms with E-state index in [0.29, 0.717) is 5.69 Å². The molecule has 0 bridgehead atoms. The largest absolute Gasteiger partial charge is 0.507 e. The molecule has 0 fully saturated rings. The fourth-order valence-corrected chi connectivity index (χ4v) is 1.60. The molecule has 19 heavy (non-hydrogen) atoms. The zero-order valence-corrected chi connectivity index (χ0v) is 10.1. The number of nitrogens with two attached hydrogens (primary N) is 1. The molecule has 0 aliphatic rings. The molecule has 0 atom stereocenters. The molecular formula is C14H13FN2O2. The Hall–Kier alpha value is -2.56. The number of nitrogens with one attached hydrogen (secondary N) is 1. The van der Waals surface area contributed by atoms with Crippen LogP contribution in [-0.4, -0.2) is 11.0 Å². The van der Waals surface area contributed by atoms with Crippen molar-refractivity contribution < 1.29 is 14.3 Å². The molecule has 1 amide bonds. The maximum Gasteiger partial charge on any atom is 0.255 e. The van der Waals surface area contributed by atoms with Crippen LogP contribution in [0.4, 0.5) is 10.1 Å². The molecule has 0 aliphatic carbocycles. The van der Waals surface area contributed by atoms with Crippen LogP contribution in [0.2, 0.25) is 0 Å². The molecule has 98 valence electrons. The second-order valence-corrected chi connectivity index (χ2v) is 4.09. The number of anilines is 1. The molecular weight excluding hydrogens is 247 g/mol. The average molecular weight is 260 g/mol. The van der Waals surface area contributed by atoms with Crippen molar-refractivity contribution in [3.8, 4) is 5.75 Å². The summed E-state index contributed by atoms with van der Waals surface area (Å²) in [5.41, 5.74) is 6.96. The number of hydrogen-bond donors (Lipinski definition) is 3. The van der Waals surface area contributed by atoms with Gasteiger partial charge in [-0.2, -0.15) is 0 Å². The standard InChI is InChI=1S/C14H13FN2O2/c15-10-3-6-13(18)12(7-10)14(19)17-8-9-1-4-11(16)5-2-9/h1-7,18H,8,16H2,(H,17,19). The van der Waals surface area contributed by atoms with Gasteiger partial charge >= 0.3 is 0 Å². The first-order valence-electron chi connectivity index (χ1n) is 5.67. The number of carbonyl (C=O) groups is 1. The number of nitrogen functional groups attached to an aromatic ring is 1. The fraction of sp³-hybridized carbons (Fsp3) is 0.0714. The van der Waals surface area contributed by atoms with Crippen LogP contribution in [0.15, 0.2) is 42.5 Å². The lowest BCUT2D eigenvalue weighted by atomic mass is 10.1. The van der Waals surface area contributed by atoms with Gasteiger partial charge in [0, 0.05) is 12.2 Å². The van der Waals surface area contributed by atoms with E-state index in [0.717, 1.165) is 23.8 Å². The number of phenolic OH excluding ortho intramolecular Hbond substituents is 1. The summed E-state index contributed by atoms with van der Waals surface area (Å²) in [5.74, 6) is -1.36. The van der Waals surface area contributed by atoms with Gasteiger partial charge in [0.05, 0.1) is 5.56 Å². The Balaban J connectivity index is 2.05. The summed E-state index contributed by atoms with van der Waals surface area (Å²) in [6.07, 6.45) is 0. The lowest BCUT2D eigenvalue weighted by Crippen LogP contribution is -2.23. The van der Waals surface area contributed by atoms with Crippen molar-refractivity contribution in [2.45, 2.75) is 6.54 Å². The highest BCUT2D eigenvalue weighted by Gasteiger charge is 2.11. The fourth-order valence-electron chi connectivity index (χ4n) is 1.60. The van der Waals surface area contributed by atoms with Crippen LogP contribution in [-0.2, 0) is 6.54 Å². The predicted molar refractivity (Wildman–Crippen MR) is 70.1 cm³/mol. The van der Waals surface area contributed by atoms with Crippen LogP contribution < -0.4 is 11.1 Å². The second kappa shape index (κ2) is 5.39. The first-order chi connectivity index (χ1) is 9.06. The first-order valence-corrected chi connectivity index (χ1v) is 5.67. The summed E-state index contributed by atoms with van der Waals surface area (Å²) in [7, 11) is 0. The van der Waals surface area contributed by atoms with E-state index in [1.165, 1.54) is 0 Å². The molecule has 4 nitrogen and oxygen atoms in total. The summed E-state index contributed by atoms with van der Waals surface area (Å²) in [5, 5.41) is 12.1. The number of phenols is 1. The lowest BCUT2D eigenvalue weighted by Gasteiger charge is -2.07. The highest BCUT2D eigenvalue weighted by atomic mass is 19.1. The van der Waals surface area contributed by atoms with Gasteiger partial charge in [-0.25, -0.2) is 4.39 Å². The summed E-state index contributed by atoms with van der Waals surface area (Å²) >= 11 is 0. The van der Waals surface area contributed by atoms with Gasteiger partial charge in [-0.1, -0.05) is 12.1 Å². The molecule has 0 aromatic heterocycles. The molecule has 2 aromatic rings. The Bertz CT molecular complexity index is 597. The first kappa shape index (κ1) is 12.9. The molecule has 0 unspecified atom stereocenters. The summed E-state index contributed by atoms with van der Waals surface area (Å²) in [6.45, 7) is 0.273. The van der Waals surface area contributed by atoms with Gasteiger partial charge in [-0.05, 0) is 35.9 Å². The minimum atomic E-state index is -0.574. The van der Waals surface area contributed by atoms with E-state index in [4.69, 9.17) is 5.73 Å². The van der Waals surface area contributed by atoms with Gasteiger partial charge in [-0.3, -0.25) is 4.79 Å². The number of carbonyl (C=O) groups excluding carboxylic acids is 1. The van der Waals surface area contributed by atoms with Gasteiger partial charge in [0.25, 0.3) is 5.91 Å². The van der Waals surface area contributed by atoms with Crippen LogP contribution >= 0.6 is 0 Å². The normalized spacial score (nSPS) is 10.2. The quantitative estimate of drug-likeness (QED) is 0.739. The van der Waals surface area contributed by atoms with Crippen LogP contribution in [0, 0.1) is 5.82 Å². The van der Waals surface area contributed by atoms with Crippen molar-refractivity contribution >= 4 is 11.6 Å². The highest BCUT2D eigenvalue weighted by molar-refractivity contribution is 5.96. The molecule has 0 saturated heterocycles. The third-order valence-electron chi connectivity index (χ3n) is 2.64. The number of aromatic hydroxyl groups is 1. The van der Waals surface area contributed by atoms with Crippen molar-refractivity contribution in [1.82, 2.24) is 5.32 Å². The van der Waals surface area contributed by atoms with Crippen molar-refractivity contribution in [2.75, 3.05) is 5.73 Å². The minimum absolute atomic E-state index is 0.0876. The Kier molecular flexibility index (Phi) is 3.66. The maximum absolute atomic E-state index is 13.0. The van der Waals surface area contributed by atoms with Crippen molar-refractivity contribution in [2.24, 2.45) is 0 Å². The van der Waals surface area contributed by atoms with E-state index in [-0.39, 0.29) is 17.9 Å². The molecule has 0 radical (unpaired) electrons. The van der Waals surface area contributed by atoms with Crippen molar-refractivity contribution in [3.63, 3.8) is 0 Å². The molecule has 2 aromatic carbocycles. The molecule has 5 heteroatoms. The number of benzene rings is 2. The van der Waals surface area contributed by atoms with Crippen LogP contribution in [0.25, 0.3) is 0 Å². The number of amides is 1. The summed E-state index contributed by atoms with van der Waals surface area (Å²) < 4.78 is 13.0. The van der Waals surface area contributed by atoms with Crippen LogP contribution in [0.1, 0.15) is 15.9 Å². The molecule has 0 heterocycles. The second-order valence-electron chi connectivity index (χ2n) is 4.09. The number of rotatable bonds is 3. The van der Waals surface area contributed by atoms with Gasteiger partial charge in [0.1, 0.15) is 11.6 Å². The average Bonchev–Trinajstić information content (AvgIpc) is 2.40. The number of halogens is 1. The SMILES string of the molecule is Nc1ccc(CNC(=O)c2cc(F)ccc2O)cc1. The van der Waals surface area contributed by atoms with E-state index in [1.54, 1.807) is 24.3 Å². The highest BCUT2D eigenvalue weighted by Crippen LogP contribution is 2.17. The predicted octanol–water partition coefficient (Wildman–Crippen LogP) is 2.04. The Labute approximate surface area is 109 Å². The molecule has 0 spiro atoms. The zero-order valence-electron chi connectivity index (χ0n) is 10.1. The Morgan fingerprint density at radius 3 is 2.58 bits per heavy atom. The van der Waals surface area contributed by atoms with E-state index >= 15 is 0 Å². The van der Waals surface area contributed by atoms with Crippen molar-refractivity contribution in [3.05, 3.63) is 59.4 Å². The van der Waals surface area contributed by atoms with Crippen LogP contribution in [0.5, 0.6) is 5.75 Å². The monoisotopic (exact) mass is 260 g/mol. The summed E-state index contributed by atoms with van der Waals surface area (Å²) in [4.78, 5) is 11.8. The Morgan fingerprint density at radius 2 is 1.89 bits per heavy atom. The smallest absolute Gasteiger partial charge is 0.255 e. The van der Waals surface area contributed by atoms with Gasteiger partial charge in [-0.15, -0.1) is 0 Å². The van der Waals surface area contributed by atoms with E-state index in [9.17, 15) is 14.3 Å². The third kappa shape index (κ3) is 3.22. The third-order valence-corrected chi connectivity index (χ3v) is 2.64. The van der Waals surface area contributed by atoms with Crippen molar-refractivity contribution in [1.29, 1.82) is 0 Å². The molecule has 2 rings (SSSR count). The topological polar surface area (TPSA) is 75.3 Å². The lowest BCUT2D eigenvalue weighted by molar-refractivity contribution is 0.0947. The van der Waals surface area contributed by atoms with E-state index in [2.05, 4.69) is 5.32 Å². The minimum Gasteiger partial charge on any atom is -0.507 e. The summed E-state index contributed by atoms with van der Waals surface area (Å²) in [6, 6.07) is 10.2.